The second-order valence-corrected chi connectivity index (χ2v) is 4.71. The fourth-order valence-corrected chi connectivity index (χ4v) is 2.19. The number of hydrogen-bond donors (Lipinski definition) is 1. The zero-order valence-electron chi connectivity index (χ0n) is 11.0. The van der Waals surface area contributed by atoms with Gasteiger partial charge in [0.25, 0.3) is 0 Å². The molecule has 2 heterocycles. The number of benzene rings is 1. The van der Waals surface area contributed by atoms with Gasteiger partial charge in [0.2, 0.25) is 0 Å². The molecule has 0 saturated carbocycles. The molecule has 3 rings (SSSR count). The van der Waals surface area contributed by atoms with Crippen LogP contribution in [0.1, 0.15) is 24.2 Å². The first-order chi connectivity index (χ1) is 9.33. The van der Waals surface area contributed by atoms with Crippen molar-refractivity contribution in [2.24, 2.45) is 0 Å². The Kier molecular flexibility index (Phi) is 3.29. The number of rotatable bonds is 4. The van der Waals surface area contributed by atoms with Gasteiger partial charge in [0.05, 0.1) is 5.69 Å². The third-order valence-corrected chi connectivity index (χ3v) is 3.30. The number of nitrogens with zero attached hydrogens (tertiary/aromatic N) is 2. The summed E-state index contributed by atoms with van der Waals surface area (Å²) in [5, 5.41) is 3.50. The molecule has 0 unspecified atom stereocenters. The Labute approximate surface area is 112 Å². The van der Waals surface area contributed by atoms with Crippen molar-refractivity contribution in [2.75, 3.05) is 0 Å². The molecule has 0 aliphatic heterocycles. The monoisotopic (exact) mass is 251 g/mol. The molecule has 96 valence electrons. The van der Waals surface area contributed by atoms with Crippen LogP contribution in [0, 0.1) is 0 Å². The van der Waals surface area contributed by atoms with E-state index in [0.717, 1.165) is 17.9 Å². The Hall–Kier alpha value is -2.13. The second kappa shape index (κ2) is 5.24. The molecular formula is C16H17N3. The highest BCUT2D eigenvalue weighted by Gasteiger charge is 2.05. The summed E-state index contributed by atoms with van der Waals surface area (Å²) in [5.41, 5.74) is 3.35. The summed E-state index contributed by atoms with van der Waals surface area (Å²) in [6, 6.07) is 16.8. The molecule has 0 aliphatic carbocycles. The van der Waals surface area contributed by atoms with Crippen LogP contribution in [0.15, 0.2) is 60.9 Å². The van der Waals surface area contributed by atoms with Crippen molar-refractivity contribution in [2.45, 2.75) is 19.5 Å². The van der Waals surface area contributed by atoms with E-state index in [1.165, 1.54) is 5.56 Å². The summed E-state index contributed by atoms with van der Waals surface area (Å²) in [7, 11) is 0. The third-order valence-electron chi connectivity index (χ3n) is 3.30. The minimum Gasteiger partial charge on any atom is -0.307 e. The molecule has 1 aromatic carbocycles. The van der Waals surface area contributed by atoms with E-state index < -0.39 is 0 Å². The largest absolute Gasteiger partial charge is 0.307 e. The highest BCUT2D eigenvalue weighted by Crippen LogP contribution is 2.12. The molecule has 1 N–H and O–H groups in total. The van der Waals surface area contributed by atoms with Crippen LogP contribution >= 0.6 is 0 Å². The number of hydrogen-bond acceptors (Lipinski definition) is 2. The summed E-state index contributed by atoms with van der Waals surface area (Å²) in [6.45, 7) is 2.95. The van der Waals surface area contributed by atoms with Gasteiger partial charge in [-0.25, -0.2) is 4.98 Å². The van der Waals surface area contributed by atoms with E-state index in [1.807, 2.05) is 34.9 Å². The summed E-state index contributed by atoms with van der Waals surface area (Å²) < 4.78 is 2.05. The van der Waals surface area contributed by atoms with Gasteiger partial charge in [0.15, 0.2) is 0 Å². The van der Waals surface area contributed by atoms with E-state index >= 15 is 0 Å². The lowest BCUT2D eigenvalue weighted by atomic mass is 10.1. The van der Waals surface area contributed by atoms with Crippen molar-refractivity contribution in [3.8, 4) is 0 Å². The van der Waals surface area contributed by atoms with Crippen LogP contribution < -0.4 is 5.32 Å². The van der Waals surface area contributed by atoms with Crippen LogP contribution in [0.3, 0.4) is 0 Å². The average Bonchev–Trinajstić information content (AvgIpc) is 2.88. The van der Waals surface area contributed by atoms with Crippen molar-refractivity contribution in [3.05, 3.63) is 72.2 Å². The second-order valence-electron chi connectivity index (χ2n) is 4.71. The van der Waals surface area contributed by atoms with Crippen molar-refractivity contribution in [1.82, 2.24) is 14.7 Å². The SMILES string of the molecule is C[C@H](NCc1cn2ccccc2n1)c1ccccc1. The lowest BCUT2D eigenvalue weighted by Gasteiger charge is -2.12. The molecule has 3 heteroatoms. The van der Waals surface area contributed by atoms with Crippen LogP contribution in [0.4, 0.5) is 0 Å². The van der Waals surface area contributed by atoms with Crippen molar-refractivity contribution < 1.29 is 0 Å². The fourth-order valence-electron chi connectivity index (χ4n) is 2.19. The van der Waals surface area contributed by atoms with Gasteiger partial charge in [-0.1, -0.05) is 36.4 Å². The Balaban J connectivity index is 1.69. The lowest BCUT2D eigenvalue weighted by Crippen LogP contribution is -2.18. The average molecular weight is 251 g/mol. The fraction of sp³-hybridized carbons (Fsp3) is 0.188. The molecule has 19 heavy (non-hydrogen) atoms. The van der Waals surface area contributed by atoms with E-state index in [2.05, 4.69) is 47.7 Å². The third kappa shape index (κ3) is 2.66. The molecular weight excluding hydrogens is 234 g/mol. The molecule has 0 amide bonds. The van der Waals surface area contributed by atoms with Crippen LogP contribution in [0.2, 0.25) is 0 Å². The van der Waals surface area contributed by atoms with Gasteiger partial charge in [-0.05, 0) is 24.6 Å². The van der Waals surface area contributed by atoms with Crippen LogP contribution in [0.25, 0.3) is 5.65 Å². The normalized spacial score (nSPS) is 12.7. The first-order valence-corrected chi connectivity index (χ1v) is 6.54. The highest BCUT2D eigenvalue weighted by atomic mass is 15.0. The molecule has 0 radical (unpaired) electrons. The van der Waals surface area contributed by atoms with Crippen molar-refractivity contribution in [1.29, 1.82) is 0 Å². The minimum atomic E-state index is 0.325. The summed E-state index contributed by atoms with van der Waals surface area (Å²) in [6.07, 6.45) is 4.09. The topological polar surface area (TPSA) is 29.3 Å². The van der Waals surface area contributed by atoms with Crippen LogP contribution in [0.5, 0.6) is 0 Å². The maximum atomic E-state index is 4.58. The van der Waals surface area contributed by atoms with E-state index in [0.29, 0.717) is 6.04 Å². The maximum absolute atomic E-state index is 4.58. The van der Waals surface area contributed by atoms with Gasteiger partial charge in [-0.3, -0.25) is 0 Å². The summed E-state index contributed by atoms with van der Waals surface area (Å²) in [4.78, 5) is 4.58. The van der Waals surface area contributed by atoms with Gasteiger partial charge >= 0.3 is 0 Å². The molecule has 0 aliphatic rings. The van der Waals surface area contributed by atoms with Crippen LogP contribution in [-0.2, 0) is 6.54 Å². The number of nitrogens with one attached hydrogen (secondary N) is 1. The molecule has 0 bridgehead atoms. The van der Waals surface area contributed by atoms with Gasteiger partial charge < -0.3 is 9.72 Å². The van der Waals surface area contributed by atoms with Gasteiger partial charge in [0, 0.05) is 25.0 Å². The van der Waals surface area contributed by atoms with Crippen molar-refractivity contribution >= 4 is 5.65 Å². The smallest absolute Gasteiger partial charge is 0.137 e. The first-order valence-electron chi connectivity index (χ1n) is 6.54. The Morgan fingerprint density at radius 2 is 1.89 bits per heavy atom. The van der Waals surface area contributed by atoms with Gasteiger partial charge in [0.1, 0.15) is 5.65 Å². The number of fused-ring (bicyclic) bond motifs is 1. The Morgan fingerprint density at radius 3 is 2.68 bits per heavy atom. The lowest BCUT2D eigenvalue weighted by molar-refractivity contribution is 0.569. The maximum Gasteiger partial charge on any atom is 0.137 e. The molecule has 2 aromatic heterocycles. The molecule has 0 spiro atoms. The Bertz CT molecular complexity index is 625. The Morgan fingerprint density at radius 1 is 1.11 bits per heavy atom. The quantitative estimate of drug-likeness (QED) is 0.771. The summed E-state index contributed by atoms with van der Waals surface area (Å²) in [5.74, 6) is 0. The van der Waals surface area contributed by atoms with Crippen LogP contribution in [-0.4, -0.2) is 9.38 Å². The van der Waals surface area contributed by atoms with Gasteiger partial charge in [-0.15, -0.1) is 0 Å². The zero-order valence-corrected chi connectivity index (χ0v) is 11.0. The molecule has 1 atom stereocenters. The van der Waals surface area contributed by atoms with Gasteiger partial charge in [-0.2, -0.15) is 0 Å². The molecule has 0 fully saturated rings. The highest BCUT2D eigenvalue weighted by molar-refractivity contribution is 5.39. The molecule has 0 saturated heterocycles. The predicted octanol–water partition coefficient (Wildman–Crippen LogP) is 3.19. The molecule has 3 aromatic rings. The van der Waals surface area contributed by atoms with Crippen molar-refractivity contribution in [3.63, 3.8) is 0 Å². The number of pyridine rings is 1. The first kappa shape index (κ1) is 11.9. The number of imidazole rings is 1. The van der Waals surface area contributed by atoms with E-state index in [1.54, 1.807) is 0 Å². The standard InChI is InChI=1S/C16H17N3/c1-13(14-7-3-2-4-8-14)17-11-15-12-19-10-6-5-9-16(19)18-15/h2-10,12-13,17H,11H2,1H3/t13-/m0/s1. The van der Waals surface area contributed by atoms with E-state index in [-0.39, 0.29) is 0 Å². The summed E-state index contributed by atoms with van der Waals surface area (Å²) >= 11 is 0. The van der Waals surface area contributed by atoms with E-state index in [4.69, 9.17) is 0 Å². The zero-order chi connectivity index (χ0) is 13.1. The molecule has 3 nitrogen and oxygen atoms in total. The van der Waals surface area contributed by atoms with E-state index in [9.17, 15) is 0 Å². The number of aromatic nitrogens is 2. The minimum absolute atomic E-state index is 0.325. The predicted molar refractivity (Wildman–Crippen MR) is 76.9 cm³/mol.